The average Bonchev–Trinajstić information content (AvgIpc) is 3.26. The number of amides is 1. The highest BCUT2D eigenvalue weighted by atomic mass is 19.4. The molecule has 0 saturated carbocycles. The Balaban J connectivity index is 1.26. The van der Waals surface area contributed by atoms with E-state index < -0.39 is 11.7 Å². The number of alkyl halides is 3. The van der Waals surface area contributed by atoms with Crippen molar-refractivity contribution in [3.8, 4) is 11.3 Å². The van der Waals surface area contributed by atoms with Gasteiger partial charge in [-0.1, -0.05) is 6.07 Å². The zero-order valence-corrected chi connectivity index (χ0v) is 19.0. The van der Waals surface area contributed by atoms with E-state index in [1.165, 1.54) is 18.2 Å². The summed E-state index contributed by atoms with van der Waals surface area (Å²) in [6, 6.07) is 11.1. The number of fused-ring (bicyclic) bond motifs is 1. The largest absolute Gasteiger partial charge is 0.416 e. The Morgan fingerprint density at radius 2 is 1.78 bits per heavy atom. The predicted octanol–water partition coefficient (Wildman–Crippen LogP) is 4.31. The summed E-state index contributed by atoms with van der Waals surface area (Å²) in [5.74, 6) is 0.0702. The van der Waals surface area contributed by atoms with Gasteiger partial charge in [-0.15, -0.1) is 0 Å². The number of imidazole rings is 1. The maximum Gasteiger partial charge on any atom is 0.416 e. The molecule has 0 bridgehead atoms. The molecule has 3 heterocycles. The van der Waals surface area contributed by atoms with Gasteiger partial charge < -0.3 is 15.1 Å². The van der Waals surface area contributed by atoms with Crippen molar-refractivity contribution in [1.29, 1.82) is 0 Å². The highest BCUT2D eigenvalue weighted by molar-refractivity contribution is 5.84. The molecule has 4 aromatic rings. The van der Waals surface area contributed by atoms with Gasteiger partial charge in [0.1, 0.15) is 17.3 Å². The summed E-state index contributed by atoms with van der Waals surface area (Å²) in [7, 11) is 0. The van der Waals surface area contributed by atoms with Crippen LogP contribution in [0.2, 0.25) is 0 Å². The maximum absolute atomic E-state index is 13.4. The summed E-state index contributed by atoms with van der Waals surface area (Å²) in [6.45, 7) is 1.62. The number of hydrogen-bond acceptors (Lipinski definition) is 5. The topological polar surface area (TPSA) is 65.8 Å². The van der Waals surface area contributed by atoms with Crippen molar-refractivity contribution in [2.75, 3.05) is 42.9 Å². The SMILES string of the molecule is O=C(CNc1c(-c2ccc(F)cc2)nc2cnccn12)N1CCN(c2cccc(C(F)(F)F)c2)CC1. The predicted molar refractivity (Wildman–Crippen MR) is 127 cm³/mol. The van der Waals surface area contributed by atoms with Crippen LogP contribution in [0.1, 0.15) is 5.56 Å². The minimum Gasteiger partial charge on any atom is -0.368 e. The molecule has 1 amide bonds. The molecule has 0 unspecified atom stereocenters. The Morgan fingerprint density at radius 1 is 1.03 bits per heavy atom. The van der Waals surface area contributed by atoms with Crippen LogP contribution in [0.15, 0.2) is 67.1 Å². The third kappa shape index (κ3) is 4.81. The lowest BCUT2D eigenvalue weighted by atomic mass is 10.1. The number of benzene rings is 2. The number of halogens is 4. The van der Waals surface area contributed by atoms with Gasteiger partial charge in [0.05, 0.1) is 18.3 Å². The molecule has 1 aliphatic rings. The molecule has 2 aromatic heterocycles. The van der Waals surface area contributed by atoms with Gasteiger partial charge in [0.25, 0.3) is 0 Å². The first kappa shape index (κ1) is 23.6. The molecule has 0 aliphatic carbocycles. The number of rotatable bonds is 5. The zero-order chi connectivity index (χ0) is 25.3. The van der Waals surface area contributed by atoms with Gasteiger partial charge >= 0.3 is 6.18 Å². The van der Waals surface area contributed by atoms with Crippen molar-refractivity contribution in [2.45, 2.75) is 6.18 Å². The van der Waals surface area contributed by atoms with Crippen LogP contribution in [0.4, 0.5) is 29.1 Å². The number of nitrogens with zero attached hydrogens (tertiary/aromatic N) is 5. The van der Waals surface area contributed by atoms with Crippen LogP contribution < -0.4 is 10.2 Å². The molecule has 2 aromatic carbocycles. The summed E-state index contributed by atoms with van der Waals surface area (Å²) in [4.78, 5) is 25.1. The quantitative estimate of drug-likeness (QED) is 0.416. The Kier molecular flexibility index (Phi) is 6.21. The van der Waals surface area contributed by atoms with Crippen LogP contribution in [0.3, 0.4) is 0 Å². The molecule has 1 aliphatic heterocycles. The molecule has 5 rings (SSSR count). The molecule has 36 heavy (non-hydrogen) atoms. The lowest BCUT2D eigenvalue weighted by molar-refractivity contribution is -0.137. The third-order valence-electron chi connectivity index (χ3n) is 6.13. The van der Waals surface area contributed by atoms with E-state index in [1.807, 2.05) is 4.90 Å². The van der Waals surface area contributed by atoms with E-state index in [1.54, 1.807) is 46.1 Å². The van der Waals surface area contributed by atoms with Crippen LogP contribution in [-0.2, 0) is 11.0 Å². The second-order valence-corrected chi connectivity index (χ2v) is 8.39. The molecule has 1 saturated heterocycles. The molecule has 7 nitrogen and oxygen atoms in total. The van der Waals surface area contributed by atoms with Gasteiger partial charge in [0, 0.05) is 49.8 Å². The van der Waals surface area contributed by atoms with E-state index >= 15 is 0 Å². The standard InChI is InChI=1S/C25H22F4N6O/c26-19-6-4-17(5-7-19)23-24(35-9-8-30-15-21(35)32-23)31-16-22(36)34-12-10-33(11-13-34)20-3-1-2-18(14-20)25(27,28)29/h1-9,14-15,31H,10-13,16H2. The first-order chi connectivity index (χ1) is 17.3. The van der Waals surface area contributed by atoms with Crippen LogP contribution >= 0.6 is 0 Å². The molecule has 0 atom stereocenters. The van der Waals surface area contributed by atoms with E-state index in [2.05, 4.69) is 15.3 Å². The van der Waals surface area contributed by atoms with Gasteiger partial charge in [0.2, 0.25) is 5.91 Å². The van der Waals surface area contributed by atoms with Crippen molar-refractivity contribution in [2.24, 2.45) is 0 Å². The minimum absolute atomic E-state index is 0.00608. The Morgan fingerprint density at radius 3 is 2.50 bits per heavy atom. The maximum atomic E-state index is 13.4. The smallest absolute Gasteiger partial charge is 0.368 e. The average molecular weight is 498 g/mol. The summed E-state index contributed by atoms with van der Waals surface area (Å²) >= 11 is 0. The number of piperazine rings is 1. The van der Waals surface area contributed by atoms with Gasteiger partial charge in [-0.3, -0.25) is 14.2 Å². The van der Waals surface area contributed by atoms with Crippen molar-refractivity contribution >= 4 is 23.1 Å². The van der Waals surface area contributed by atoms with E-state index in [0.29, 0.717) is 54.6 Å². The fraction of sp³-hybridized carbons (Fsp3) is 0.240. The van der Waals surface area contributed by atoms with E-state index in [-0.39, 0.29) is 18.3 Å². The molecule has 0 radical (unpaired) electrons. The molecular formula is C25H22F4N6O. The monoisotopic (exact) mass is 498 g/mol. The molecule has 11 heteroatoms. The number of hydrogen-bond donors (Lipinski definition) is 1. The number of nitrogens with one attached hydrogen (secondary N) is 1. The summed E-state index contributed by atoms with van der Waals surface area (Å²) in [6.07, 6.45) is 0.506. The van der Waals surface area contributed by atoms with Crippen LogP contribution in [0.25, 0.3) is 16.9 Å². The number of anilines is 2. The van der Waals surface area contributed by atoms with Gasteiger partial charge in [0.15, 0.2) is 5.65 Å². The van der Waals surface area contributed by atoms with Gasteiger partial charge in [-0.05, 0) is 42.5 Å². The Bertz CT molecular complexity index is 1380. The minimum atomic E-state index is -4.40. The Hall–Kier alpha value is -4.15. The van der Waals surface area contributed by atoms with E-state index in [4.69, 9.17) is 0 Å². The highest BCUT2D eigenvalue weighted by Gasteiger charge is 2.31. The fourth-order valence-electron chi connectivity index (χ4n) is 4.25. The summed E-state index contributed by atoms with van der Waals surface area (Å²) in [5.41, 5.74) is 1.61. The summed E-state index contributed by atoms with van der Waals surface area (Å²) < 4.78 is 54.3. The normalized spacial score (nSPS) is 14.3. The number of aromatic nitrogens is 3. The van der Waals surface area contributed by atoms with Gasteiger partial charge in [-0.25, -0.2) is 9.37 Å². The second-order valence-electron chi connectivity index (χ2n) is 8.39. The lowest BCUT2D eigenvalue weighted by Crippen LogP contribution is -2.50. The molecule has 1 N–H and O–H groups in total. The van der Waals surface area contributed by atoms with Crippen LogP contribution in [0.5, 0.6) is 0 Å². The fourth-order valence-corrected chi connectivity index (χ4v) is 4.25. The number of carbonyl (C=O) groups excluding carboxylic acids is 1. The third-order valence-corrected chi connectivity index (χ3v) is 6.13. The number of carbonyl (C=O) groups is 1. The van der Waals surface area contributed by atoms with Crippen molar-refractivity contribution in [3.63, 3.8) is 0 Å². The molecule has 186 valence electrons. The van der Waals surface area contributed by atoms with Gasteiger partial charge in [-0.2, -0.15) is 13.2 Å². The summed E-state index contributed by atoms with van der Waals surface area (Å²) in [5, 5.41) is 3.16. The highest BCUT2D eigenvalue weighted by Crippen LogP contribution is 2.32. The Labute approximate surface area is 204 Å². The second kappa shape index (κ2) is 9.48. The molecular weight excluding hydrogens is 476 g/mol. The van der Waals surface area contributed by atoms with E-state index in [0.717, 1.165) is 12.1 Å². The first-order valence-electron chi connectivity index (χ1n) is 11.3. The van der Waals surface area contributed by atoms with Crippen molar-refractivity contribution in [3.05, 3.63) is 78.5 Å². The van der Waals surface area contributed by atoms with E-state index in [9.17, 15) is 22.4 Å². The van der Waals surface area contributed by atoms with Crippen molar-refractivity contribution in [1.82, 2.24) is 19.3 Å². The molecule has 0 spiro atoms. The van der Waals surface area contributed by atoms with Crippen molar-refractivity contribution < 1.29 is 22.4 Å². The van der Waals surface area contributed by atoms with Crippen LogP contribution in [-0.4, -0.2) is 57.9 Å². The first-order valence-corrected chi connectivity index (χ1v) is 11.3. The lowest BCUT2D eigenvalue weighted by Gasteiger charge is -2.36. The zero-order valence-electron chi connectivity index (χ0n) is 19.0. The molecule has 1 fully saturated rings. The van der Waals surface area contributed by atoms with Crippen LogP contribution in [0, 0.1) is 5.82 Å².